The molecule has 0 atom stereocenters. The number of carbonyl (C=O) groups excluding carboxylic acids is 1. The Labute approximate surface area is 159 Å². The van der Waals surface area contributed by atoms with Crippen molar-refractivity contribution in [1.29, 1.82) is 0 Å². The van der Waals surface area contributed by atoms with E-state index in [4.69, 9.17) is 9.47 Å². The summed E-state index contributed by atoms with van der Waals surface area (Å²) >= 11 is 0. The molecule has 1 N–H and O–H groups in total. The zero-order valence-electron chi connectivity index (χ0n) is 15.6. The number of anilines is 1. The van der Waals surface area contributed by atoms with Crippen LogP contribution in [-0.2, 0) is 14.3 Å². The van der Waals surface area contributed by atoms with Gasteiger partial charge in [-0.2, -0.15) is 0 Å². The Bertz CT molecular complexity index is 895. The highest BCUT2D eigenvalue weighted by Crippen LogP contribution is 2.32. The molecule has 1 aliphatic rings. The number of ether oxygens (including phenoxy) is 2. The molecule has 0 aromatic heterocycles. The summed E-state index contributed by atoms with van der Waals surface area (Å²) < 4.78 is 11.8. The van der Waals surface area contributed by atoms with Gasteiger partial charge in [0.05, 0.1) is 5.69 Å². The fourth-order valence-corrected chi connectivity index (χ4v) is 2.62. The second kappa shape index (κ2) is 7.91. The summed E-state index contributed by atoms with van der Waals surface area (Å²) in [5, 5.41) is 2.72. The molecule has 0 aliphatic carbocycles. The highest BCUT2D eigenvalue weighted by molar-refractivity contribution is 5.88. The third kappa shape index (κ3) is 5.31. The van der Waals surface area contributed by atoms with Crippen LogP contribution in [0.15, 0.2) is 77.5 Å². The zero-order chi connectivity index (χ0) is 19.3. The standard InChI is InChI=1S/C22H22N2O3/c1-16(25)24-19-11-9-18(10-12-19)23-14-13-20-15-21(27-22(2,3)26-20)17-7-5-4-6-8-17/h4-15H,1-3H3,(H,24,25). The number of amides is 1. The van der Waals surface area contributed by atoms with Gasteiger partial charge in [0, 0.05) is 44.3 Å². The Balaban J connectivity index is 1.76. The van der Waals surface area contributed by atoms with E-state index in [2.05, 4.69) is 10.3 Å². The van der Waals surface area contributed by atoms with Crippen LogP contribution in [-0.4, -0.2) is 17.9 Å². The summed E-state index contributed by atoms with van der Waals surface area (Å²) in [5.74, 6) is 0.561. The molecular formula is C22H22N2O3. The van der Waals surface area contributed by atoms with Gasteiger partial charge in [0.25, 0.3) is 0 Å². The number of benzene rings is 2. The van der Waals surface area contributed by atoms with Gasteiger partial charge in [0.15, 0.2) is 0 Å². The van der Waals surface area contributed by atoms with Gasteiger partial charge in [-0.15, -0.1) is 0 Å². The molecule has 0 saturated heterocycles. The van der Waals surface area contributed by atoms with Gasteiger partial charge >= 0.3 is 0 Å². The van der Waals surface area contributed by atoms with Crippen molar-refractivity contribution in [3.63, 3.8) is 0 Å². The van der Waals surface area contributed by atoms with Gasteiger partial charge in [-0.3, -0.25) is 9.79 Å². The van der Waals surface area contributed by atoms with E-state index in [1.54, 1.807) is 12.3 Å². The Morgan fingerprint density at radius 3 is 2.41 bits per heavy atom. The number of rotatable bonds is 4. The van der Waals surface area contributed by atoms with Crippen molar-refractivity contribution in [2.45, 2.75) is 26.6 Å². The Hall–Kier alpha value is -3.34. The molecule has 0 spiro atoms. The average Bonchev–Trinajstić information content (AvgIpc) is 2.62. The van der Waals surface area contributed by atoms with Crippen molar-refractivity contribution in [1.82, 2.24) is 0 Å². The summed E-state index contributed by atoms with van der Waals surface area (Å²) in [6, 6.07) is 17.2. The maximum Gasteiger partial charge on any atom is 0.245 e. The third-order valence-electron chi connectivity index (χ3n) is 3.70. The van der Waals surface area contributed by atoms with E-state index in [0.717, 1.165) is 22.7 Å². The molecular weight excluding hydrogens is 340 g/mol. The lowest BCUT2D eigenvalue weighted by Crippen LogP contribution is -2.30. The fraction of sp³-hybridized carbons (Fsp3) is 0.182. The first-order chi connectivity index (χ1) is 12.9. The van der Waals surface area contributed by atoms with Crippen molar-refractivity contribution in [2.75, 3.05) is 5.32 Å². The summed E-state index contributed by atoms with van der Waals surface area (Å²) in [7, 11) is 0. The van der Waals surface area contributed by atoms with Crippen LogP contribution in [0.2, 0.25) is 0 Å². The first-order valence-corrected chi connectivity index (χ1v) is 8.68. The summed E-state index contributed by atoms with van der Waals surface area (Å²) in [4.78, 5) is 15.5. The minimum Gasteiger partial charge on any atom is -0.453 e. The summed E-state index contributed by atoms with van der Waals surface area (Å²) in [6.45, 7) is 5.22. The predicted molar refractivity (Wildman–Crippen MR) is 108 cm³/mol. The van der Waals surface area contributed by atoms with E-state index in [9.17, 15) is 4.79 Å². The number of hydrogen-bond donors (Lipinski definition) is 1. The van der Waals surface area contributed by atoms with Crippen LogP contribution in [0.5, 0.6) is 0 Å². The molecule has 2 aromatic rings. The lowest BCUT2D eigenvalue weighted by molar-refractivity contribution is -0.149. The SMILES string of the molecule is CC(=O)Nc1ccc(N=CC=C2C=C(c3ccccc3)OC(C)(C)O2)cc1. The number of nitrogens with one attached hydrogen (secondary N) is 1. The second-order valence-electron chi connectivity index (χ2n) is 6.55. The third-order valence-corrected chi connectivity index (χ3v) is 3.70. The van der Waals surface area contributed by atoms with Gasteiger partial charge in [-0.05, 0) is 30.3 Å². The average molecular weight is 362 g/mol. The largest absolute Gasteiger partial charge is 0.453 e. The van der Waals surface area contributed by atoms with Crippen molar-refractivity contribution in [2.24, 2.45) is 4.99 Å². The molecule has 1 aliphatic heterocycles. The first-order valence-electron chi connectivity index (χ1n) is 8.68. The lowest BCUT2D eigenvalue weighted by atomic mass is 10.1. The Morgan fingerprint density at radius 2 is 1.74 bits per heavy atom. The predicted octanol–water partition coefficient (Wildman–Crippen LogP) is 5.06. The molecule has 0 unspecified atom stereocenters. The molecule has 138 valence electrons. The molecule has 0 saturated carbocycles. The number of nitrogens with zero attached hydrogens (tertiary/aromatic N) is 1. The Morgan fingerprint density at radius 1 is 1.04 bits per heavy atom. The summed E-state index contributed by atoms with van der Waals surface area (Å²) in [6.07, 6.45) is 5.34. The van der Waals surface area contributed by atoms with Crippen LogP contribution in [0.4, 0.5) is 11.4 Å². The van der Waals surface area contributed by atoms with Gasteiger partial charge < -0.3 is 14.8 Å². The van der Waals surface area contributed by atoms with Crippen molar-refractivity contribution in [3.8, 4) is 0 Å². The number of carbonyl (C=O) groups is 1. The molecule has 1 heterocycles. The maximum absolute atomic E-state index is 11.0. The van der Waals surface area contributed by atoms with Crippen LogP contribution in [0, 0.1) is 0 Å². The Kier molecular flexibility index (Phi) is 5.41. The highest BCUT2D eigenvalue weighted by Gasteiger charge is 2.28. The smallest absolute Gasteiger partial charge is 0.245 e. The van der Waals surface area contributed by atoms with Crippen molar-refractivity contribution in [3.05, 3.63) is 78.1 Å². The molecule has 0 radical (unpaired) electrons. The quantitative estimate of drug-likeness (QED) is 0.774. The van der Waals surface area contributed by atoms with Crippen LogP contribution in [0.25, 0.3) is 5.76 Å². The van der Waals surface area contributed by atoms with E-state index in [1.165, 1.54) is 6.92 Å². The van der Waals surface area contributed by atoms with E-state index in [0.29, 0.717) is 5.76 Å². The molecule has 3 rings (SSSR count). The van der Waals surface area contributed by atoms with Crippen LogP contribution >= 0.6 is 0 Å². The monoisotopic (exact) mass is 362 g/mol. The van der Waals surface area contributed by atoms with E-state index in [1.807, 2.05) is 74.5 Å². The van der Waals surface area contributed by atoms with E-state index >= 15 is 0 Å². The maximum atomic E-state index is 11.0. The van der Waals surface area contributed by atoms with Crippen LogP contribution < -0.4 is 5.32 Å². The lowest BCUT2D eigenvalue weighted by Gasteiger charge is -2.33. The van der Waals surface area contributed by atoms with Crippen LogP contribution in [0.1, 0.15) is 26.3 Å². The highest BCUT2D eigenvalue weighted by atomic mass is 16.7. The van der Waals surface area contributed by atoms with Crippen LogP contribution in [0.3, 0.4) is 0 Å². The molecule has 1 amide bonds. The number of allylic oxidation sites excluding steroid dienone is 2. The first kappa shape index (κ1) is 18.5. The normalized spacial score (nSPS) is 17.1. The molecule has 5 heteroatoms. The minimum atomic E-state index is -0.764. The zero-order valence-corrected chi connectivity index (χ0v) is 15.6. The number of aliphatic imine (C=N–C) groups is 1. The molecule has 0 fully saturated rings. The summed E-state index contributed by atoms with van der Waals surface area (Å²) in [5.41, 5.74) is 2.51. The van der Waals surface area contributed by atoms with Crippen molar-refractivity contribution < 1.29 is 14.3 Å². The molecule has 0 bridgehead atoms. The van der Waals surface area contributed by atoms with Gasteiger partial charge in [-0.25, -0.2) is 0 Å². The van der Waals surface area contributed by atoms with Gasteiger partial charge in [-0.1, -0.05) is 30.3 Å². The molecule has 5 nitrogen and oxygen atoms in total. The second-order valence-corrected chi connectivity index (χ2v) is 6.55. The van der Waals surface area contributed by atoms with E-state index in [-0.39, 0.29) is 5.91 Å². The van der Waals surface area contributed by atoms with Gasteiger partial charge in [0.1, 0.15) is 11.5 Å². The minimum absolute atomic E-state index is 0.101. The molecule has 27 heavy (non-hydrogen) atoms. The fourth-order valence-electron chi connectivity index (χ4n) is 2.62. The number of hydrogen-bond acceptors (Lipinski definition) is 4. The van der Waals surface area contributed by atoms with Gasteiger partial charge in [0.2, 0.25) is 11.7 Å². The molecule has 2 aromatic carbocycles. The van der Waals surface area contributed by atoms with Crippen molar-refractivity contribution >= 4 is 29.3 Å². The van der Waals surface area contributed by atoms with E-state index < -0.39 is 5.79 Å². The topological polar surface area (TPSA) is 59.9 Å².